The van der Waals surface area contributed by atoms with Crippen molar-refractivity contribution in [2.75, 3.05) is 26.4 Å². The van der Waals surface area contributed by atoms with Crippen molar-refractivity contribution in [3.63, 3.8) is 0 Å². The quantitative estimate of drug-likeness (QED) is 0.0276. The van der Waals surface area contributed by atoms with Crippen molar-refractivity contribution in [2.45, 2.75) is 174 Å². The van der Waals surface area contributed by atoms with Crippen LogP contribution in [0.4, 0.5) is 0 Å². The van der Waals surface area contributed by atoms with E-state index in [9.17, 15) is 19.0 Å². The maximum absolute atomic E-state index is 12.5. The highest BCUT2D eigenvalue weighted by molar-refractivity contribution is 7.47. The number of esters is 2. The van der Waals surface area contributed by atoms with Crippen molar-refractivity contribution in [3.05, 3.63) is 48.6 Å². The van der Waals surface area contributed by atoms with Gasteiger partial charge in [-0.25, -0.2) is 4.57 Å². The van der Waals surface area contributed by atoms with E-state index in [1.165, 1.54) is 89.9 Å². The lowest BCUT2D eigenvalue weighted by molar-refractivity contribution is -0.161. The lowest BCUT2D eigenvalue weighted by Gasteiger charge is -2.19. The summed E-state index contributed by atoms with van der Waals surface area (Å²) >= 11 is 0. The Kier molecular flexibility index (Phi) is 36.2. The molecule has 0 heterocycles. The van der Waals surface area contributed by atoms with Gasteiger partial charge in [-0.1, -0.05) is 172 Å². The minimum absolute atomic E-state index is 0.0457. The predicted octanol–water partition coefficient (Wildman–Crippen LogP) is 11.2. The van der Waals surface area contributed by atoms with Crippen molar-refractivity contribution >= 4 is 19.8 Å². The van der Waals surface area contributed by atoms with Gasteiger partial charge in [-0.2, -0.15) is 0 Å². The van der Waals surface area contributed by atoms with Gasteiger partial charge in [0.05, 0.1) is 13.2 Å². The highest BCUT2D eigenvalue weighted by atomic mass is 31.2. The van der Waals surface area contributed by atoms with Gasteiger partial charge in [0.15, 0.2) is 6.10 Å². The summed E-state index contributed by atoms with van der Waals surface area (Å²) < 4.78 is 32.6. The van der Waals surface area contributed by atoms with Crippen LogP contribution in [0.5, 0.6) is 0 Å². The summed E-state index contributed by atoms with van der Waals surface area (Å²) in [6.07, 6.45) is 41.5. The average molecular weight is 740 g/mol. The minimum atomic E-state index is -4.38. The lowest BCUT2D eigenvalue weighted by Crippen LogP contribution is -2.29. The molecule has 0 aliphatic rings. The number of nitrogens with two attached hydrogens (primary N) is 1. The molecule has 0 radical (unpaired) electrons. The number of carbonyl (C=O) groups is 2. The molecule has 2 atom stereocenters. The molecule has 0 rings (SSSR count). The molecular formula is C41H74NO8P. The van der Waals surface area contributed by atoms with E-state index in [0.29, 0.717) is 6.42 Å². The highest BCUT2D eigenvalue weighted by Gasteiger charge is 2.25. The number of unbranched alkanes of at least 4 members (excludes halogenated alkanes) is 19. The number of phosphoric acid groups is 1. The van der Waals surface area contributed by atoms with Crippen LogP contribution in [0.2, 0.25) is 0 Å². The van der Waals surface area contributed by atoms with Gasteiger partial charge < -0.3 is 20.1 Å². The lowest BCUT2D eigenvalue weighted by atomic mass is 10.0. The van der Waals surface area contributed by atoms with Gasteiger partial charge >= 0.3 is 19.8 Å². The largest absolute Gasteiger partial charge is 0.472 e. The zero-order chi connectivity index (χ0) is 37.5. The van der Waals surface area contributed by atoms with E-state index in [2.05, 4.69) is 26.0 Å². The number of rotatable bonds is 37. The molecular weight excluding hydrogens is 665 g/mol. The first-order valence-electron chi connectivity index (χ1n) is 20.2. The third-order valence-corrected chi connectivity index (χ3v) is 9.31. The third kappa shape index (κ3) is 37.5. The Morgan fingerprint density at radius 1 is 0.608 bits per heavy atom. The van der Waals surface area contributed by atoms with Gasteiger partial charge in [-0.3, -0.25) is 18.6 Å². The second-order valence-electron chi connectivity index (χ2n) is 13.2. The van der Waals surface area contributed by atoms with Crippen LogP contribution in [0.25, 0.3) is 0 Å². The van der Waals surface area contributed by atoms with Gasteiger partial charge in [-0.05, 0) is 32.1 Å². The van der Waals surface area contributed by atoms with E-state index >= 15 is 0 Å². The smallest absolute Gasteiger partial charge is 0.462 e. The van der Waals surface area contributed by atoms with Crippen LogP contribution in [-0.2, 0) is 32.7 Å². The first kappa shape index (κ1) is 49.0. The monoisotopic (exact) mass is 740 g/mol. The van der Waals surface area contributed by atoms with Crippen molar-refractivity contribution in [3.8, 4) is 0 Å². The topological polar surface area (TPSA) is 134 Å². The predicted molar refractivity (Wildman–Crippen MR) is 210 cm³/mol. The Bertz CT molecular complexity index is 981. The van der Waals surface area contributed by atoms with Crippen LogP contribution in [0, 0.1) is 0 Å². The molecule has 51 heavy (non-hydrogen) atoms. The van der Waals surface area contributed by atoms with E-state index in [1.807, 2.05) is 36.5 Å². The summed E-state index contributed by atoms with van der Waals surface area (Å²) in [5.74, 6) is -0.873. The summed E-state index contributed by atoms with van der Waals surface area (Å²) in [4.78, 5) is 34.7. The molecule has 0 aliphatic heterocycles. The molecule has 0 fully saturated rings. The summed E-state index contributed by atoms with van der Waals surface area (Å²) in [5.41, 5.74) is 5.33. The fourth-order valence-corrected chi connectivity index (χ4v) is 6.12. The number of phosphoric ester groups is 1. The molecule has 0 amide bonds. The van der Waals surface area contributed by atoms with Crippen molar-refractivity contribution in [1.29, 1.82) is 0 Å². The molecule has 0 aliphatic carbocycles. The molecule has 0 spiro atoms. The van der Waals surface area contributed by atoms with E-state index in [-0.39, 0.29) is 32.6 Å². The number of carbonyl (C=O) groups excluding carboxylic acids is 2. The van der Waals surface area contributed by atoms with Crippen molar-refractivity contribution in [1.82, 2.24) is 0 Å². The highest BCUT2D eigenvalue weighted by Crippen LogP contribution is 2.43. The Balaban J connectivity index is 4.21. The van der Waals surface area contributed by atoms with Crippen LogP contribution in [0.15, 0.2) is 48.6 Å². The number of ether oxygens (including phenoxy) is 2. The zero-order valence-electron chi connectivity index (χ0n) is 32.3. The standard InChI is InChI=1S/C41H74NO8P/c1-3-5-7-9-11-13-15-17-18-19-20-22-23-25-27-29-31-33-40(43)47-37-39(38-49-51(45,46)48-36-35-42)50-41(44)34-32-30-28-26-24-21-16-14-12-10-8-6-4-2/h6,8,10,12,14,16,21,24,39H,3-5,7,9,11,13,15,17-20,22-23,25-38,42H2,1-2H3,(H,45,46)/b8-6+,12-10+,16-14+,24-21+. The van der Waals surface area contributed by atoms with Crippen LogP contribution >= 0.6 is 7.82 Å². The molecule has 296 valence electrons. The van der Waals surface area contributed by atoms with E-state index in [4.69, 9.17) is 24.3 Å². The molecule has 0 aromatic carbocycles. The van der Waals surface area contributed by atoms with Crippen LogP contribution in [0.1, 0.15) is 168 Å². The molecule has 0 aromatic rings. The SMILES string of the molecule is CC/C=C/C=C/C=C/C=C/CCCCCC(=O)OC(COC(=O)CCCCCCCCCCCCCCCCCCC)COP(=O)(O)OCCN. The average Bonchev–Trinajstić information content (AvgIpc) is 3.11. The molecule has 0 aromatic heterocycles. The Morgan fingerprint density at radius 2 is 1.08 bits per heavy atom. The van der Waals surface area contributed by atoms with E-state index in [0.717, 1.165) is 44.9 Å². The van der Waals surface area contributed by atoms with Crippen LogP contribution in [-0.4, -0.2) is 49.3 Å². The van der Waals surface area contributed by atoms with Gasteiger partial charge in [0.2, 0.25) is 0 Å². The van der Waals surface area contributed by atoms with Gasteiger partial charge in [0, 0.05) is 19.4 Å². The molecule has 0 bridgehead atoms. The number of hydrogen-bond acceptors (Lipinski definition) is 8. The fourth-order valence-electron chi connectivity index (χ4n) is 5.35. The molecule has 2 unspecified atom stereocenters. The Hall–Kier alpha value is -2.03. The summed E-state index contributed by atoms with van der Waals surface area (Å²) in [7, 11) is -4.38. The first-order valence-corrected chi connectivity index (χ1v) is 21.7. The van der Waals surface area contributed by atoms with Crippen molar-refractivity contribution in [2.24, 2.45) is 5.73 Å². The molecule has 10 heteroatoms. The summed E-state index contributed by atoms with van der Waals surface area (Å²) in [5, 5.41) is 0. The first-order chi connectivity index (χ1) is 24.8. The van der Waals surface area contributed by atoms with Crippen LogP contribution < -0.4 is 5.73 Å². The van der Waals surface area contributed by atoms with Crippen LogP contribution in [0.3, 0.4) is 0 Å². The maximum Gasteiger partial charge on any atom is 0.472 e. The van der Waals surface area contributed by atoms with Gasteiger partial charge in [0.1, 0.15) is 6.61 Å². The van der Waals surface area contributed by atoms with Gasteiger partial charge in [-0.15, -0.1) is 0 Å². The maximum atomic E-state index is 12.5. The second-order valence-corrected chi connectivity index (χ2v) is 14.7. The normalized spacial score (nSPS) is 13.9. The molecule has 0 saturated carbocycles. The number of hydrogen-bond donors (Lipinski definition) is 2. The Labute approximate surface area is 311 Å². The second kappa shape index (κ2) is 37.7. The molecule has 3 N–H and O–H groups in total. The zero-order valence-corrected chi connectivity index (χ0v) is 33.2. The van der Waals surface area contributed by atoms with Gasteiger partial charge in [0.25, 0.3) is 0 Å². The minimum Gasteiger partial charge on any atom is -0.462 e. The third-order valence-electron chi connectivity index (χ3n) is 8.32. The van der Waals surface area contributed by atoms with Crippen molar-refractivity contribution < 1.29 is 37.6 Å². The molecule has 0 saturated heterocycles. The number of allylic oxidation sites excluding steroid dienone is 8. The summed E-state index contributed by atoms with van der Waals surface area (Å²) in [6.45, 7) is 3.54. The Morgan fingerprint density at radius 3 is 1.61 bits per heavy atom. The van der Waals surface area contributed by atoms with E-state index in [1.54, 1.807) is 0 Å². The summed E-state index contributed by atoms with van der Waals surface area (Å²) in [6, 6.07) is 0. The van der Waals surface area contributed by atoms with E-state index < -0.39 is 32.5 Å². The molecule has 9 nitrogen and oxygen atoms in total. The fraction of sp³-hybridized carbons (Fsp3) is 0.756.